The molecule has 3 nitrogen and oxygen atoms in total. The number of aromatic amines is 1. The lowest BCUT2D eigenvalue weighted by Crippen LogP contribution is -2.03. The zero-order valence-electron chi connectivity index (χ0n) is 9.95. The largest absolute Gasteiger partial charge is 0.507 e. The molecule has 0 spiro atoms. The fourth-order valence-corrected chi connectivity index (χ4v) is 2.22. The molecule has 0 atom stereocenters. The molecule has 0 radical (unpaired) electrons. The van der Waals surface area contributed by atoms with Crippen LogP contribution in [-0.4, -0.2) is 16.4 Å². The molecule has 6 heteroatoms. The number of aldehydes is 1. The molecule has 0 aliphatic heterocycles. The molecular weight excluding hydrogens is 271 g/mol. The van der Waals surface area contributed by atoms with E-state index in [2.05, 4.69) is 4.98 Å². The van der Waals surface area contributed by atoms with E-state index in [4.69, 9.17) is 0 Å². The van der Waals surface area contributed by atoms with Gasteiger partial charge in [0.2, 0.25) is 0 Å². The van der Waals surface area contributed by atoms with Crippen LogP contribution in [0.2, 0.25) is 0 Å². The van der Waals surface area contributed by atoms with Crippen LogP contribution in [-0.2, 0) is 6.18 Å². The first-order valence-corrected chi connectivity index (χ1v) is 5.71. The Labute approximate surface area is 110 Å². The number of hydrogen-bond donors (Lipinski definition) is 2. The van der Waals surface area contributed by atoms with E-state index in [1.165, 1.54) is 18.2 Å². The number of halogens is 3. The van der Waals surface area contributed by atoms with Gasteiger partial charge in [-0.15, -0.1) is 0 Å². The maximum atomic E-state index is 12.7. The van der Waals surface area contributed by atoms with Crippen molar-refractivity contribution in [3.8, 4) is 5.75 Å². The number of benzene rings is 2. The lowest BCUT2D eigenvalue weighted by Gasteiger charge is -2.06. The maximum Gasteiger partial charge on any atom is 0.416 e. The molecule has 2 N–H and O–H groups in total. The molecule has 102 valence electrons. The minimum Gasteiger partial charge on any atom is -0.507 e. The molecule has 1 aromatic heterocycles. The highest BCUT2D eigenvalue weighted by atomic mass is 19.4. The Bertz CT molecular complexity index is 834. The van der Waals surface area contributed by atoms with Crippen LogP contribution in [0.3, 0.4) is 0 Å². The van der Waals surface area contributed by atoms with Crippen LogP contribution < -0.4 is 0 Å². The van der Waals surface area contributed by atoms with E-state index < -0.39 is 11.7 Å². The number of fused-ring (bicyclic) bond motifs is 3. The second-order valence-electron chi connectivity index (χ2n) is 4.46. The number of aromatic hydroxyl groups is 1. The standard InChI is InChI=1S/C14H8F3NO2/c15-14(16,17)8-1-2-11-10(4-8)9-3-7(6-19)13(20)5-12(9)18-11/h1-6,18,20H. The molecule has 0 aliphatic rings. The fraction of sp³-hybridized carbons (Fsp3) is 0.0714. The number of H-pyrrole nitrogens is 1. The van der Waals surface area contributed by atoms with Crippen LogP contribution >= 0.6 is 0 Å². The average Bonchev–Trinajstić information content (AvgIpc) is 2.72. The first-order valence-electron chi connectivity index (χ1n) is 5.71. The van der Waals surface area contributed by atoms with Crippen LogP contribution in [0, 0.1) is 0 Å². The summed E-state index contributed by atoms with van der Waals surface area (Å²) in [5.74, 6) is -0.213. The number of alkyl halides is 3. The summed E-state index contributed by atoms with van der Waals surface area (Å²) in [5.41, 5.74) is 0.264. The lowest BCUT2D eigenvalue weighted by atomic mass is 10.1. The molecule has 0 bridgehead atoms. The summed E-state index contributed by atoms with van der Waals surface area (Å²) in [6.07, 6.45) is -3.97. The number of phenolic OH excluding ortho intramolecular Hbond substituents is 1. The molecule has 0 saturated heterocycles. The Balaban J connectivity index is 2.38. The number of carbonyl (C=O) groups is 1. The van der Waals surface area contributed by atoms with Gasteiger partial charge in [0.05, 0.1) is 16.6 Å². The van der Waals surface area contributed by atoms with Crippen molar-refractivity contribution in [3.63, 3.8) is 0 Å². The van der Waals surface area contributed by atoms with E-state index in [1.54, 1.807) is 0 Å². The Morgan fingerprint density at radius 3 is 2.40 bits per heavy atom. The minimum absolute atomic E-state index is 0.0378. The molecule has 0 saturated carbocycles. The second kappa shape index (κ2) is 4.00. The lowest BCUT2D eigenvalue weighted by molar-refractivity contribution is -0.137. The molecule has 3 aromatic rings. The first kappa shape index (κ1) is 12.5. The summed E-state index contributed by atoms with van der Waals surface area (Å²) in [6, 6.07) is 6.04. The smallest absolute Gasteiger partial charge is 0.416 e. The summed E-state index contributed by atoms with van der Waals surface area (Å²) in [7, 11) is 0. The van der Waals surface area contributed by atoms with Crippen LogP contribution in [0.4, 0.5) is 13.2 Å². The molecule has 1 heterocycles. The molecule has 0 amide bonds. The maximum absolute atomic E-state index is 12.7. The SMILES string of the molecule is O=Cc1cc2c(cc1O)[nH]c1ccc(C(F)(F)F)cc12. The summed E-state index contributed by atoms with van der Waals surface area (Å²) in [6.45, 7) is 0. The summed E-state index contributed by atoms with van der Waals surface area (Å²) < 4.78 is 38.2. The molecule has 0 aliphatic carbocycles. The van der Waals surface area contributed by atoms with Gasteiger partial charge in [0.15, 0.2) is 6.29 Å². The average molecular weight is 279 g/mol. The van der Waals surface area contributed by atoms with E-state index in [-0.39, 0.29) is 11.3 Å². The second-order valence-corrected chi connectivity index (χ2v) is 4.46. The van der Waals surface area contributed by atoms with Gasteiger partial charge >= 0.3 is 6.18 Å². The third kappa shape index (κ3) is 1.80. The van der Waals surface area contributed by atoms with Crippen molar-refractivity contribution < 1.29 is 23.1 Å². The topological polar surface area (TPSA) is 53.1 Å². The Morgan fingerprint density at radius 2 is 1.75 bits per heavy atom. The van der Waals surface area contributed by atoms with E-state index in [1.807, 2.05) is 0 Å². The van der Waals surface area contributed by atoms with Gasteiger partial charge in [-0.05, 0) is 24.3 Å². The van der Waals surface area contributed by atoms with Gasteiger partial charge in [-0.2, -0.15) is 13.2 Å². The van der Waals surface area contributed by atoms with Crippen LogP contribution in [0.15, 0.2) is 30.3 Å². The zero-order chi connectivity index (χ0) is 14.5. The predicted octanol–water partition coefficient (Wildman–Crippen LogP) is 3.86. The molecule has 3 rings (SSSR count). The van der Waals surface area contributed by atoms with Crippen molar-refractivity contribution in [1.82, 2.24) is 4.98 Å². The van der Waals surface area contributed by atoms with Gasteiger partial charge in [0.1, 0.15) is 5.75 Å². The van der Waals surface area contributed by atoms with Gasteiger partial charge in [0, 0.05) is 22.4 Å². The molecular formula is C14H8F3NO2. The Hall–Kier alpha value is -2.50. The number of carbonyl (C=O) groups excluding carboxylic acids is 1. The number of phenols is 1. The van der Waals surface area contributed by atoms with Gasteiger partial charge < -0.3 is 10.1 Å². The molecule has 0 fully saturated rings. The van der Waals surface area contributed by atoms with Crippen LogP contribution in [0.25, 0.3) is 21.8 Å². The van der Waals surface area contributed by atoms with Gasteiger partial charge in [-0.1, -0.05) is 0 Å². The Morgan fingerprint density at radius 1 is 1.05 bits per heavy atom. The van der Waals surface area contributed by atoms with E-state index >= 15 is 0 Å². The summed E-state index contributed by atoms with van der Waals surface area (Å²) in [5, 5.41) is 10.4. The highest BCUT2D eigenvalue weighted by Gasteiger charge is 2.30. The molecule has 2 aromatic carbocycles. The summed E-state index contributed by atoms with van der Waals surface area (Å²) in [4.78, 5) is 13.7. The fourth-order valence-electron chi connectivity index (χ4n) is 2.22. The van der Waals surface area contributed by atoms with Crippen molar-refractivity contribution >= 4 is 28.1 Å². The van der Waals surface area contributed by atoms with E-state index in [0.717, 1.165) is 12.1 Å². The highest BCUT2D eigenvalue weighted by molar-refractivity contribution is 6.09. The quantitative estimate of drug-likeness (QED) is 0.664. The van der Waals surface area contributed by atoms with Crippen molar-refractivity contribution in [1.29, 1.82) is 0 Å². The van der Waals surface area contributed by atoms with Gasteiger partial charge in [0.25, 0.3) is 0 Å². The minimum atomic E-state index is -4.43. The number of rotatable bonds is 1. The third-order valence-electron chi connectivity index (χ3n) is 3.20. The number of aromatic nitrogens is 1. The molecule has 0 unspecified atom stereocenters. The van der Waals surface area contributed by atoms with Crippen molar-refractivity contribution in [2.24, 2.45) is 0 Å². The Kier molecular flexibility index (Phi) is 2.50. The number of nitrogens with one attached hydrogen (secondary N) is 1. The summed E-state index contributed by atoms with van der Waals surface area (Å²) >= 11 is 0. The first-order chi connectivity index (χ1) is 9.40. The van der Waals surface area contributed by atoms with Gasteiger partial charge in [-0.25, -0.2) is 0 Å². The van der Waals surface area contributed by atoms with Crippen molar-refractivity contribution in [2.45, 2.75) is 6.18 Å². The van der Waals surface area contributed by atoms with Gasteiger partial charge in [-0.3, -0.25) is 4.79 Å². The number of hydrogen-bond acceptors (Lipinski definition) is 2. The van der Waals surface area contributed by atoms with Crippen molar-refractivity contribution in [3.05, 3.63) is 41.5 Å². The normalized spacial score (nSPS) is 12.2. The van der Waals surface area contributed by atoms with Crippen molar-refractivity contribution in [2.75, 3.05) is 0 Å². The van der Waals surface area contributed by atoms with Crippen LogP contribution in [0.5, 0.6) is 5.75 Å². The molecule has 20 heavy (non-hydrogen) atoms. The third-order valence-corrected chi connectivity index (χ3v) is 3.20. The predicted molar refractivity (Wildman–Crippen MR) is 67.9 cm³/mol. The van der Waals surface area contributed by atoms with Crippen LogP contribution in [0.1, 0.15) is 15.9 Å². The van der Waals surface area contributed by atoms with E-state index in [9.17, 15) is 23.1 Å². The highest BCUT2D eigenvalue weighted by Crippen LogP contribution is 2.35. The van der Waals surface area contributed by atoms with E-state index in [0.29, 0.717) is 28.1 Å². The monoisotopic (exact) mass is 279 g/mol. The zero-order valence-corrected chi connectivity index (χ0v) is 9.95.